The number of esters is 1. The topological polar surface area (TPSA) is 118 Å². The van der Waals surface area contributed by atoms with Crippen LogP contribution in [-0.4, -0.2) is 63.3 Å². The monoisotopic (exact) mass is 597 g/mol. The molecule has 2 atom stereocenters. The van der Waals surface area contributed by atoms with Crippen LogP contribution >= 0.6 is 0 Å². The van der Waals surface area contributed by atoms with E-state index in [2.05, 4.69) is 5.10 Å². The van der Waals surface area contributed by atoms with Crippen molar-refractivity contribution in [3.05, 3.63) is 70.1 Å². The summed E-state index contributed by atoms with van der Waals surface area (Å²) in [6.45, 7) is 0.0405. The predicted octanol–water partition coefficient (Wildman–Crippen LogP) is 4.97. The van der Waals surface area contributed by atoms with E-state index in [0.29, 0.717) is 10.7 Å². The number of phenolic OH excluding ortho intramolecular Hbond substituents is 2. The molecule has 1 fully saturated rings. The Bertz CT molecular complexity index is 1710. The summed E-state index contributed by atoms with van der Waals surface area (Å²) in [5, 5.41) is 24.6. The van der Waals surface area contributed by atoms with Crippen LogP contribution in [0.25, 0.3) is 28.0 Å². The SMILES string of the molecule is CN1CC[C@H](c2c(O)cc(O)c3c(=O)cc(-c4cnn(-c5ccccc5)c4C(F)(F)F)oc23)[C@H](OC(=O)C(F)(F)F)C1. The van der Waals surface area contributed by atoms with E-state index in [0.717, 1.165) is 12.3 Å². The third-order valence-electron chi connectivity index (χ3n) is 6.92. The summed E-state index contributed by atoms with van der Waals surface area (Å²) in [6, 6.07) is 8.80. The molecule has 2 aromatic carbocycles. The Morgan fingerprint density at radius 2 is 1.76 bits per heavy atom. The van der Waals surface area contributed by atoms with Gasteiger partial charge in [-0.25, -0.2) is 9.48 Å². The van der Waals surface area contributed by atoms with Crippen molar-refractivity contribution in [1.29, 1.82) is 0 Å². The van der Waals surface area contributed by atoms with Gasteiger partial charge in [0.15, 0.2) is 11.1 Å². The molecular weight excluding hydrogens is 576 g/mol. The Balaban J connectivity index is 1.73. The molecule has 1 aliphatic heterocycles. The van der Waals surface area contributed by atoms with Crippen LogP contribution in [0.1, 0.15) is 23.6 Å². The second-order valence-electron chi connectivity index (χ2n) is 9.76. The molecule has 1 saturated heterocycles. The molecule has 5 rings (SSSR count). The molecule has 15 heteroatoms. The van der Waals surface area contributed by atoms with Crippen molar-refractivity contribution in [3.8, 4) is 28.5 Å². The number of ether oxygens (including phenoxy) is 1. The standard InChI is InChI=1S/C27H21F6N3O6/c1-35-8-7-14(20(12-35)42-25(40)27(31,32)33)21-16(37)9-17(38)22-18(39)10-19(41-23(21)22)15-11-34-36(24(15)26(28,29)30)13-5-3-2-4-6-13/h2-6,9-11,14,20,37-38H,7-8,12H2,1H3/t14-,20+/m0/s1. The molecule has 1 aliphatic rings. The summed E-state index contributed by atoms with van der Waals surface area (Å²) in [4.78, 5) is 26.4. The lowest BCUT2D eigenvalue weighted by Gasteiger charge is -2.36. The van der Waals surface area contributed by atoms with E-state index in [1.807, 2.05) is 0 Å². The lowest BCUT2D eigenvalue weighted by atomic mass is 9.85. The first kappa shape index (κ1) is 29.0. The van der Waals surface area contributed by atoms with Crippen molar-refractivity contribution in [3.63, 3.8) is 0 Å². The van der Waals surface area contributed by atoms with Crippen LogP contribution in [0.5, 0.6) is 11.5 Å². The van der Waals surface area contributed by atoms with Crippen LogP contribution in [-0.2, 0) is 15.7 Å². The van der Waals surface area contributed by atoms with Gasteiger partial charge in [0, 0.05) is 30.2 Å². The van der Waals surface area contributed by atoms with Gasteiger partial charge in [0.05, 0.1) is 17.4 Å². The molecule has 9 nitrogen and oxygen atoms in total. The first-order chi connectivity index (χ1) is 19.7. The number of phenols is 2. The maximum absolute atomic E-state index is 14.3. The number of carbonyl (C=O) groups excluding carboxylic acids is 1. The molecule has 4 aromatic rings. The number of fused-ring (bicyclic) bond motifs is 1. The number of aromatic nitrogens is 2. The number of carbonyl (C=O) groups is 1. The van der Waals surface area contributed by atoms with E-state index in [4.69, 9.17) is 9.15 Å². The zero-order valence-corrected chi connectivity index (χ0v) is 21.5. The number of alkyl halides is 6. The molecular formula is C27H21F6N3O6. The smallest absolute Gasteiger partial charge is 0.490 e. The highest BCUT2D eigenvalue weighted by Crippen LogP contribution is 2.45. The molecule has 0 saturated carbocycles. The summed E-state index contributed by atoms with van der Waals surface area (Å²) >= 11 is 0. The number of para-hydroxylation sites is 1. The molecule has 0 spiro atoms. The number of rotatable bonds is 4. The summed E-state index contributed by atoms with van der Waals surface area (Å²) in [7, 11) is 1.56. The van der Waals surface area contributed by atoms with Gasteiger partial charge < -0.3 is 24.3 Å². The van der Waals surface area contributed by atoms with Crippen LogP contribution in [0.2, 0.25) is 0 Å². The van der Waals surface area contributed by atoms with E-state index in [-0.39, 0.29) is 30.8 Å². The predicted molar refractivity (Wildman–Crippen MR) is 134 cm³/mol. The molecule has 3 heterocycles. The Morgan fingerprint density at radius 3 is 2.40 bits per heavy atom. The number of benzene rings is 2. The Hall–Kier alpha value is -4.53. The third kappa shape index (κ3) is 5.26. The van der Waals surface area contributed by atoms with Crippen LogP contribution in [0.15, 0.2) is 57.9 Å². The average molecular weight is 597 g/mol. The summed E-state index contributed by atoms with van der Waals surface area (Å²) in [5.74, 6) is -5.81. The van der Waals surface area contributed by atoms with Crippen molar-refractivity contribution in [1.82, 2.24) is 14.7 Å². The highest BCUT2D eigenvalue weighted by molar-refractivity contribution is 5.90. The van der Waals surface area contributed by atoms with Gasteiger partial charge >= 0.3 is 18.3 Å². The van der Waals surface area contributed by atoms with Crippen molar-refractivity contribution in [2.45, 2.75) is 30.8 Å². The lowest BCUT2D eigenvalue weighted by molar-refractivity contribution is -0.207. The number of halogens is 6. The first-order valence-corrected chi connectivity index (χ1v) is 12.4. The van der Waals surface area contributed by atoms with Crippen LogP contribution in [0.4, 0.5) is 26.3 Å². The van der Waals surface area contributed by atoms with Gasteiger partial charge in [-0.2, -0.15) is 31.4 Å². The van der Waals surface area contributed by atoms with Gasteiger partial charge in [-0.05, 0) is 32.1 Å². The van der Waals surface area contributed by atoms with E-state index in [9.17, 15) is 46.1 Å². The molecule has 0 radical (unpaired) electrons. The molecule has 42 heavy (non-hydrogen) atoms. The number of piperidine rings is 1. The highest BCUT2D eigenvalue weighted by Gasteiger charge is 2.45. The lowest BCUT2D eigenvalue weighted by Crippen LogP contribution is -2.45. The normalized spacial score (nSPS) is 18.4. The largest absolute Gasteiger partial charge is 0.507 e. The second-order valence-corrected chi connectivity index (χ2v) is 9.76. The molecule has 2 N–H and O–H groups in total. The number of likely N-dealkylation sites (N-methyl/N-ethyl adjacent to an activating group) is 1. The number of nitrogens with zero attached hydrogens (tertiary/aromatic N) is 3. The average Bonchev–Trinajstić information content (AvgIpc) is 3.35. The van der Waals surface area contributed by atoms with Gasteiger partial charge in [0.25, 0.3) is 0 Å². The summed E-state index contributed by atoms with van der Waals surface area (Å²) in [5.41, 5.74) is -3.77. The molecule has 0 aliphatic carbocycles. The minimum absolute atomic E-state index is 0.00653. The van der Waals surface area contributed by atoms with E-state index in [1.165, 1.54) is 24.3 Å². The van der Waals surface area contributed by atoms with E-state index < -0.39 is 75.3 Å². The maximum atomic E-state index is 14.3. The molecule has 0 amide bonds. The quantitative estimate of drug-likeness (QED) is 0.250. The van der Waals surface area contributed by atoms with Crippen LogP contribution in [0.3, 0.4) is 0 Å². The van der Waals surface area contributed by atoms with Crippen molar-refractivity contribution < 1.29 is 50.5 Å². The van der Waals surface area contributed by atoms with E-state index in [1.54, 1.807) is 18.0 Å². The first-order valence-electron chi connectivity index (χ1n) is 12.4. The number of hydrogen-bond donors (Lipinski definition) is 2. The molecule has 2 aromatic heterocycles. The van der Waals surface area contributed by atoms with Crippen molar-refractivity contribution in [2.24, 2.45) is 0 Å². The van der Waals surface area contributed by atoms with Gasteiger partial charge in [0.2, 0.25) is 0 Å². The third-order valence-corrected chi connectivity index (χ3v) is 6.92. The Morgan fingerprint density at radius 1 is 1.07 bits per heavy atom. The fourth-order valence-electron chi connectivity index (χ4n) is 5.10. The number of hydrogen-bond acceptors (Lipinski definition) is 8. The van der Waals surface area contributed by atoms with Gasteiger partial charge in [-0.15, -0.1) is 0 Å². The number of aromatic hydroxyl groups is 2. The second kappa shape index (κ2) is 10.4. The molecule has 222 valence electrons. The van der Waals surface area contributed by atoms with Gasteiger partial charge in [0.1, 0.15) is 34.3 Å². The highest BCUT2D eigenvalue weighted by atomic mass is 19.4. The minimum atomic E-state index is -5.33. The van der Waals surface area contributed by atoms with Crippen LogP contribution < -0.4 is 5.43 Å². The van der Waals surface area contributed by atoms with E-state index >= 15 is 0 Å². The van der Waals surface area contributed by atoms with Crippen LogP contribution in [0, 0.1) is 0 Å². The fourth-order valence-corrected chi connectivity index (χ4v) is 5.10. The molecule has 0 bridgehead atoms. The summed E-state index contributed by atoms with van der Waals surface area (Å²) < 4.78 is 93.2. The Kier molecular flexibility index (Phi) is 7.17. The van der Waals surface area contributed by atoms with Crippen molar-refractivity contribution >= 4 is 16.9 Å². The fraction of sp³-hybridized carbons (Fsp3) is 0.296. The van der Waals surface area contributed by atoms with Crippen molar-refractivity contribution in [2.75, 3.05) is 20.1 Å². The number of likely N-dealkylation sites (tertiary alicyclic amines) is 1. The van der Waals surface area contributed by atoms with Gasteiger partial charge in [-0.1, -0.05) is 18.2 Å². The Labute approximate surface area is 232 Å². The zero-order valence-electron chi connectivity index (χ0n) is 21.5. The maximum Gasteiger partial charge on any atom is 0.490 e. The summed E-state index contributed by atoms with van der Waals surface area (Å²) in [6.07, 6.45) is -11.0. The minimum Gasteiger partial charge on any atom is -0.507 e. The van der Waals surface area contributed by atoms with Gasteiger partial charge in [-0.3, -0.25) is 4.79 Å². The zero-order chi connectivity index (χ0) is 30.6. The molecule has 0 unspecified atom stereocenters.